The van der Waals surface area contributed by atoms with Crippen molar-refractivity contribution in [2.24, 2.45) is 0 Å². The zero-order valence-corrected chi connectivity index (χ0v) is 14.9. The van der Waals surface area contributed by atoms with E-state index in [9.17, 15) is 14.4 Å². The standard InChI is InChI=1S/C18H17BrN2O4/c19-13-6-8-15(9-7-13)21-17(23)12-25-18(24)11-10-16(22)20-14-4-2-1-3-5-14/h1-9H,10-12H2,(H,20,22)(H,21,23). The first kappa shape index (κ1) is 18.7. The number of carbonyl (C=O) groups excluding carboxylic acids is 3. The second-order valence-electron chi connectivity index (χ2n) is 5.13. The highest BCUT2D eigenvalue weighted by Gasteiger charge is 2.11. The fraction of sp³-hybridized carbons (Fsp3) is 0.167. The number of hydrogen-bond acceptors (Lipinski definition) is 4. The summed E-state index contributed by atoms with van der Waals surface area (Å²) >= 11 is 3.30. The Morgan fingerprint density at radius 2 is 1.40 bits per heavy atom. The Bertz CT molecular complexity index is 733. The molecule has 7 heteroatoms. The number of benzene rings is 2. The van der Waals surface area contributed by atoms with Gasteiger partial charge in [-0.1, -0.05) is 34.1 Å². The molecule has 2 aromatic rings. The van der Waals surface area contributed by atoms with Crippen molar-refractivity contribution >= 4 is 45.1 Å². The van der Waals surface area contributed by atoms with Crippen LogP contribution < -0.4 is 10.6 Å². The first-order valence-corrected chi connectivity index (χ1v) is 8.38. The summed E-state index contributed by atoms with van der Waals surface area (Å²) in [4.78, 5) is 35.0. The Hall–Kier alpha value is -2.67. The molecule has 25 heavy (non-hydrogen) atoms. The molecule has 0 aliphatic heterocycles. The third kappa shape index (κ3) is 7.17. The summed E-state index contributed by atoms with van der Waals surface area (Å²) in [6, 6.07) is 16.0. The molecule has 0 atom stereocenters. The van der Waals surface area contributed by atoms with Crippen LogP contribution in [-0.4, -0.2) is 24.4 Å². The number of ether oxygens (including phenoxy) is 1. The van der Waals surface area contributed by atoms with Gasteiger partial charge >= 0.3 is 5.97 Å². The lowest BCUT2D eigenvalue weighted by Gasteiger charge is -2.07. The lowest BCUT2D eigenvalue weighted by molar-refractivity contribution is -0.147. The van der Waals surface area contributed by atoms with E-state index in [1.807, 2.05) is 6.07 Å². The highest BCUT2D eigenvalue weighted by molar-refractivity contribution is 9.10. The number of para-hydroxylation sites is 1. The first-order valence-electron chi connectivity index (χ1n) is 7.59. The van der Waals surface area contributed by atoms with E-state index in [1.54, 1.807) is 48.5 Å². The van der Waals surface area contributed by atoms with Crippen molar-refractivity contribution in [2.75, 3.05) is 17.2 Å². The van der Waals surface area contributed by atoms with Gasteiger partial charge in [-0.2, -0.15) is 0 Å². The largest absolute Gasteiger partial charge is 0.456 e. The molecule has 2 aromatic carbocycles. The molecule has 0 aliphatic carbocycles. The van der Waals surface area contributed by atoms with Crippen LogP contribution in [0.2, 0.25) is 0 Å². The number of rotatable bonds is 7. The van der Waals surface area contributed by atoms with Crippen molar-refractivity contribution in [1.82, 2.24) is 0 Å². The highest BCUT2D eigenvalue weighted by atomic mass is 79.9. The summed E-state index contributed by atoms with van der Waals surface area (Å²) in [5.74, 6) is -1.33. The molecule has 0 saturated carbocycles. The van der Waals surface area contributed by atoms with Crippen molar-refractivity contribution in [3.05, 3.63) is 59.1 Å². The lowest BCUT2D eigenvalue weighted by atomic mass is 10.2. The smallest absolute Gasteiger partial charge is 0.306 e. The van der Waals surface area contributed by atoms with E-state index in [2.05, 4.69) is 26.6 Å². The fourth-order valence-electron chi connectivity index (χ4n) is 1.91. The van der Waals surface area contributed by atoms with Crippen LogP contribution in [0.25, 0.3) is 0 Å². The number of carbonyl (C=O) groups is 3. The SMILES string of the molecule is O=C(CCC(=O)OCC(=O)Nc1ccc(Br)cc1)Nc1ccccc1. The molecule has 2 rings (SSSR count). The third-order valence-electron chi connectivity index (χ3n) is 3.11. The zero-order valence-electron chi connectivity index (χ0n) is 13.3. The van der Waals surface area contributed by atoms with E-state index in [4.69, 9.17) is 4.74 Å². The van der Waals surface area contributed by atoms with E-state index < -0.39 is 18.5 Å². The van der Waals surface area contributed by atoms with Crippen LogP contribution in [0.15, 0.2) is 59.1 Å². The van der Waals surface area contributed by atoms with E-state index in [1.165, 1.54) is 0 Å². The number of esters is 1. The van der Waals surface area contributed by atoms with Gasteiger partial charge in [0.2, 0.25) is 5.91 Å². The number of halogens is 1. The maximum absolute atomic E-state index is 11.7. The predicted molar refractivity (Wildman–Crippen MR) is 98.0 cm³/mol. The number of hydrogen-bond donors (Lipinski definition) is 2. The minimum atomic E-state index is -0.603. The Labute approximate surface area is 153 Å². The fourth-order valence-corrected chi connectivity index (χ4v) is 2.17. The van der Waals surface area contributed by atoms with E-state index >= 15 is 0 Å². The lowest BCUT2D eigenvalue weighted by Crippen LogP contribution is -2.21. The van der Waals surface area contributed by atoms with Crippen LogP contribution >= 0.6 is 15.9 Å². The van der Waals surface area contributed by atoms with Crippen molar-refractivity contribution in [3.8, 4) is 0 Å². The van der Waals surface area contributed by atoms with Crippen molar-refractivity contribution in [1.29, 1.82) is 0 Å². The minimum Gasteiger partial charge on any atom is -0.456 e. The number of amides is 2. The van der Waals surface area contributed by atoms with E-state index in [-0.39, 0.29) is 18.7 Å². The van der Waals surface area contributed by atoms with Crippen LogP contribution in [0.3, 0.4) is 0 Å². The molecule has 130 valence electrons. The van der Waals surface area contributed by atoms with E-state index in [0.717, 1.165) is 4.47 Å². The Morgan fingerprint density at radius 3 is 2.08 bits per heavy atom. The summed E-state index contributed by atoms with van der Waals surface area (Å²) < 4.78 is 5.75. The van der Waals surface area contributed by atoms with Gasteiger partial charge in [-0.3, -0.25) is 14.4 Å². The second-order valence-corrected chi connectivity index (χ2v) is 6.05. The molecule has 2 amide bonds. The van der Waals surface area contributed by atoms with Crippen LogP contribution in [0.4, 0.5) is 11.4 Å². The van der Waals surface area contributed by atoms with Gasteiger partial charge in [0.05, 0.1) is 6.42 Å². The monoisotopic (exact) mass is 404 g/mol. The predicted octanol–water partition coefficient (Wildman–Crippen LogP) is 3.35. The van der Waals surface area contributed by atoms with Gasteiger partial charge in [0.15, 0.2) is 6.61 Å². The molecule has 0 saturated heterocycles. The van der Waals surface area contributed by atoms with Gasteiger partial charge in [-0.25, -0.2) is 0 Å². The molecule has 0 unspecified atom stereocenters. The maximum Gasteiger partial charge on any atom is 0.306 e. The molecule has 0 bridgehead atoms. The molecule has 0 heterocycles. The van der Waals surface area contributed by atoms with Crippen molar-refractivity contribution in [3.63, 3.8) is 0 Å². The summed E-state index contributed by atoms with van der Waals surface area (Å²) in [5.41, 5.74) is 1.27. The topological polar surface area (TPSA) is 84.5 Å². The molecule has 0 aliphatic rings. The van der Waals surface area contributed by atoms with E-state index in [0.29, 0.717) is 11.4 Å². The maximum atomic E-state index is 11.7. The number of nitrogens with one attached hydrogen (secondary N) is 2. The quantitative estimate of drug-likeness (QED) is 0.692. The zero-order chi connectivity index (χ0) is 18.1. The van der Waals surface area contributed by atoms with Gasteiger partial charge in [0.25, 0.3) is 5.91 Å². The molecule has 2 N–H and O–H groups in total. The minimum absolute atomic E-state index is 0.0118. The Kier molecular flexibility index (Phi) is 7.16. The Balaban J connectivity index is 1.65. The van der Waals surface area contributed by atoms with Crippen LogP contribution in [0.5, 0.6) is 0 Å². The van der Waals surface area contributed by atoms with Crippen molar-refractivity contribution in [2.45, 2.75) is 12.8 Å². The van der Waals surface area contributed by atoms with Gasteiger partial charge in [-0.05, 0) is 36.4 Å². The molecule has 0 radical (unpaired) electrons. The Morgan fingerprint density at radius 1 is 0.800 bits per heavy atom. The summed E-state index contributed by atoms with van der Waals surface area (Å²) in [5, 5.41) is 5.28. The average Bonchev–Trinajstić information content (AvgIpc) is 2.61. The highest BCUT2D eigenvalue weighted by Crippen LogP contribution is 2.14. The molecule has 6 nitrogen and oxygen atoms in total. The molecule has 0 spiro atoms. The van der Waals surface area contributed by atoms with Crippen molar-refractivity contribution < 1.29 is 19.1 Å². The third-order valence-corrected chi connectivity index (χ3v) is 3.63. The van der Waals surface area contributed by atoms with Crippen LogP contribution in [0.1, 0.15) is 12.8 Å². The van der Waals surface area contributed by atoms with Crippen LogP contribution in [-0.2, 0) is 19.1 Å². The van der Waals surface area contributed by atoms with Gasteiger partial charge in [0, 0.05) is 22.3 Å². The molecular weight excluding hydrogens is 388 g/mol. The number of anilines is 2. The summed E-state index contributed by atoms with van der Waals surface area (Å²) in [6.45, 7) is -0.394. The normalized spacial score (nSPS) is 9.96. The van der Waals surface area contributed by atoms with Gasteiger partial charge in [0.1, 0.15) is 0 Å². The average molecular weight is 405 g/mol. The van der Waals surface area contributed by atoms with Gasteiger partial charge < -0.3 is 15.4 Å². The molecule has 0 fully saturated rings. The first-order chi connectivity index (χ1) is 12.0. The molecular formula is C18H17BrN2O4. The summed E-state index contributed by atoms with van der Waals surface area (Å²) in [7, 11) is 0. The van der Waals surface area contributed by atoms with Crippen LogP contribution in [0, 0.1) is 0 Å². The second kappa shape index (κ2) is 9.58. The van der Waals surface area contributed by atoms with Gasteiger partial charge in [-0.15, -0.1) is 0 Å². The molecule has 0 aromatic heterocycles. The summed E-state index contributed by atoms with van der Waals surface area (Å²) in [6.07, 6.45) is -0.105.